The van der Waals surface area contributed by atoms with E-state index in [2.05, 4.69) is 71.0 Å². The maximum Gasteiger partial charge on any atom is 0.130 e. The Morgan fingerprint density at radius 1 is 1.06 bits per heavy atom. The summed E-state index contributed by atoms with van der Waals surface area (Å²) in [4.78, 5) is 11.4. The molecule has 1 aliphatic heterocycles. The molecule has 31 heavy (non-hydrogen) atoms. The molecule has 4 rings (SSSR count). The average Bonchev–Trinajstić information content (AvgIpc) is 3.42. The van der Waals surface area contributed by atoms with Crippen LogP contribution in [0.15, 0.2) is 42.7 Å². The SMILES string of the molecule is CC(C)c1ccc(OCc2cc(C3CCN(Cc4cnc(C(C)C)nc4)C3)n[nH]2)cc1. The molecule has 0 bridgehead atoms. The van der Waals surface area contributed by atoms with Crippen molar-refractivity contribution in [1.82, 2.24) is 25.1 Å². The Hall–Kier alpha value is -2.73. The Balaban J connectivity index is 1.28. The molecule has 2 aromatic heterocycles. The van der Waals surface area contributed by atoms with Crippen molar-refractivity contribution < 1.29 is 4.74 Å². The number of ether oxygens (including phenoxy) is 1. The zero-order chi connectivity index (χ0) is 21.8. The summed E-state index contributed by atoms with van der Waals surface area (Å²) in [7, 11) is 0. The number of nitrogens with one attached hydrogen (secondary N) is 1. The quantitative estimate of drug-likeness (QED) is 0.556. The van der Waals surface area contributed by atoms with Gasteiger partial charge in [-0.25, -0.2) is 9.97 Å². The summed E-state index contributed by atoms with van der Waals surface area (Å²) in [6, 6.07) is 10.5. The van der Waals surface area contributed by atoms with Crippen molar-refractivity contribution in [2.45, 2.75) is 65.0 Å². The summed E-state index contributed by atoms with van der Waals surface area (Å²) in [5.74, 6) is 3.14. The molecule has 1 N–H and O–H groups in total. The van der Waals surface area contributed by atoms with Gasteiger partial charge in [-0.05, 0) is 42.6 Å². The van der Waals surface area contributed by atoms with Gasteiger partial charge in [0.1, 0.15) is 18.2 Å². The van der Waals surface area contributed by atoms with Gasteiger partial charge in [-0.3, -0.25) is 10.00 Å². The van der Waals surface area contributed by atoms with Crippen molar-refractivity contribution in [2.75, 3.05) is 13.1 Å². The zero-order valence-electron chi connectivity index (χ0n) is 19.0. The number of hydrogen-bond donors (Lipinski definition) is 1. The highest BCUT2D eigenvalue weighted by molar-refractivity contribution is 5.29. The smallest absolute Gasteiger partial charge is 0.130 e. The highest BCUT2D eigenvalue weighted by Gasteiger charge is 2.26. The van der Waals surface area contributed by atoms with Gasteiger partial charge >= 0.3 is 0 Å². The van der Waals surface area contributed by atoms with E-state index in [1.54, 1.807) is 0 Å². The Kier molecular flexibility index (Phi) is 6.66. The fourth-order valence-electron chi connectivity index (χ4n) is 3.99. The van der Waals surface area contributed by atoms with E-state index < -0.39 is 0 Å². The second-order valence-corrected chi connectivity index (χ2v) is 9.16. The van der Waals surface area contributed by atoms with Crippen LogP contribution in [0.1, 0.15) is 80.2 Å². The maximum absolute atomic E-state index is 5.93. The summed E-state index contributed by atoms with van der Waals surface area (Å²) < 4.78 is 5.93. The molecule has 1 saturated heterocycles. The van der Waals surface area contributed by atoms with Crippen LogP contribution in [0.3, 0.4) is 0 Å². The number of rotatable bonds is 8. The molecule has 1 unspecified atom stereocenters. The number of aromatic nitrogens is 4. The van der Waals surface area contributed by atoms with E-state index in [0.29, 0.717) is 24.4 Å². The molecular weight excluding hydrogens is 386 g/mol. The Morgan fingerprint density at radius 3 is 2.48 bits per heavy atom. The molecule has 0 amide bonds. The molecule has 1 aliphatic rings. The van der Waals surface area contributed by atoms with Crippen LogP contribution in [0, 0.1) is 0 Å². The third-order valence-electron chi connectivity index (χ3n) is 5.93. The molecule has 6 heteroatoms. The highest BCUT2D eigenvalue weighted by Crippen LogP contribution is 2.27. The average molecular weight is 420 g/mol. The van der Waals surface area contributed by atoms with Gasteiger partial charge < -0.3 is 4.74 Å². The molecule has 3 aromatic rings. The third-order valence-corrected chi connectivity index (χ3v) is 5.93. The number of hydrogen-bond acceptors (Lipinski definition) is 5. The maximum atomic E-state index is 5.93. The second kappa shape index (κ2) is 9.60. The number of benzene rings is 1. The molecule has 0 saturated carbocycles. The monoisotopic (exact) mass is 419 g/mol. The molecule has 3 heterocycles. The first kappa shape index (κ1) is 21.5. The second-order valence-electron chi connectivity index (χ2n) is 9.16. The molecule has 0 radical (unpaired) electrons. The van der Waals surface area contributed by atoms with Crippen LogP contribution in [-0.2, 0) is 13.2 Å². The number of aromatic amines is 1. The first-order valence-electron chi connectivity index (χ1n) is 11.3. The Labute approximate surface area is 185 Å². The van der Waals surface area contributed by atoms with E-state index in [-0.39, 0.29) is 0 Å². The number of likely N-dealkylation sites (tertiary alicyclic amines) is 1. The summed E-state index contributed by atoms with van der Waals surface area (Å²) >= 11 is 0. The normalized spacial score (nSPS) is 17.0. The van der Waals surface area contributed by atoms with Crippen molar-refractivity contribution in [2.24, 2.45) is 0 Å². The molecular formula is C25H33N5O. The molecule has 1 aromatic carbocycles. The van der Waals surface area contributed by atoms with Gasteiger partial charge in [-0.2, -0.15) is 5.10 Å². The zero-order valence-corrected chi connectivity index (χ0v) is 19.0. The lowest BCUT2D eigenvalue weighted by Gasteiger charge is -2.15. The fourth-order valence-corrected chi connectivity index (χ4v) is 3.99. The Bertz CT molecular complexity index is 962. The molecule has 0 aliphatic carbocycles. The van der Waals surface area contributed by atoms with Crippen LogP contribution in [0.4, 0.5) is 0 Å². The van der Waals surface area contributed by atoms with Crippen molar-refractivity contribution in [3.05, 3.63) is 71.1 Å². The lowest BCUT2D eigenvalue weighted by atomic mass is 10.0. The van der Waals surface area contributed by atoms with Crippen molar-refractivity contribution >= 4 is 0 Å². The molecule has 0 spiro atoms. The summed E-state index contributed by atoms with van der Waals surface area (Å²) in [6.07, 6.45) is 5.05. The molecule has 164 valence electrons. The predicted octanol–water partition coefficient (Wildman–Crippen LogP) is 5.02. The minimum atomic E-state index is 0.363. The first-order chi connectivity index (χ1) is 15.0. The van der Waals surface area contributed by atoms with Gasteiger partial charge in [-0.15, -0.1) is 0 Å². The topological polar surface area (TPSA) is 66.9 Å². The molecule has 6 nitrogen and oxygen atoms in total. The number of H-pyrrole nitrogens is 1. The van der Waals surface area contributed by atoms with Gasteiger partial charge in [0.2, 0.25) is 0 Å². The van der Waals surface area contributed by atoms with E-state index in [0.717, 1.165) is 49.0 Å². The Morgan fingerprint density at radius 2 is 1.81 bits per heavy atom. The van der Waals surface area contributed by atoms with Gasteiger partial charge in [0.15, 0.2) is 0 Å². The minimum absolute atomic E-state index is 0.363. The largest absolute Gasteiger partial charge is 0.487 e. The summed E-state index contributed by atoms with van der Waals surface area (Å²) in [5, 5.41) is 7.71. The highest BCUT2D eigenvalue weighted by atomic mass is 16.5. The number of nitrogens with zero attached hydrogens (tertiary/aromatic N) is 4. The van der Waals surface area contributed by atoms with Gasteiger partial charge in [0, 0.05) is 42.9 Å². The van der Waals surface area contributed by atoms with E-state index in [1.807, 2.05) is 24.5 Å². The lowest BCUT2D eigenvalue weighted by Crippen LogP contribution is -2.20. The van der Waals surface area contributed by atoms with Crippen LogP contribution in [0.2, 0.25) is 0 Å². The first-order valence-corrected chi connectivity index (χ1v) is 11.3. The van der Waals surface area contributed by atoms with E-state index >= 15 is 0 Å². The standard InChI is InChI=1S/C25H33N5O/c1-17(2)20-5-7-23(8-6-20)31-16-22-11-24(29-28-22)21-9-10-30(15-21)14-19-12-26-25(18(3)4)27-13-19/h5-8,11-13,17-18,21H,9-10,14-16H2,1-4H3,(H,28,29). The van der Waals surface area contributed by atoms with Crippen LogP contribution in [-0.4, -0.2) is 38.2 Å². The van der Waals surface area contributed by atoms with Crippen LogP contribution in [0.25, 0.3) is 0 Å². The third kappa shape index (κ3) is 5.50. The van der Waals surface area contributed by atoms with Gasteiger partial charge in [0.05, 0.1) is 11.4 Å². The molecule has 1 fully saturated rings. The molecule has 1 atom stereocenters. The van der Waals surface area contributed by atoms with E-state index in [1.165, 1.54) is 11.1 Å². The lowest BCUT2D eigenvalue weighted by molar-refractivity contribution is 0.301. The van der Waals surface area contributed by atoms with Crippen molar-refractivity contribution in [1.29, 1.82) is 0 Å². The van der Waals surface area contributed by atoms with Gasteiger partial charge in [-0.1, -0.05) is 39.8 Å². The van der Waals surface area contributed by atoms with Gasteiger partial charge in [0.25, 0.3) is 0 Å². The van der Waals surface area contributed by atoms with Crippen LogP contribution < -0.4 is 4.74 Å². The minimum Gasteiger partial charge on any atom is -0.487 e. The van der Waals surface area contributed by atoms with Crippen molar-refractivity contribution in [3.8, 4) is 5.75 Å². The fraction of sp³-hybridized carbons (Fsp3) is 0.480. The van der Waals surface area contributed by atoms with Crippen LogP contribution >= 0.6 is 0 Å². The summed E-state index contributed by atoms with van der Waals surface area (Å²) in [5.41, 5.74) is 4.63. The van der Waals surface area contributed by atoms with E-state index in [4.69, 9.17) is 4.74 Å². The van der Waals surface area contributed by atoms with Crippen molar-refractivity contribution in [3.63, 3.8) is 0 Å². The predicted molar refractivity (Wildman–Crippen MR) is 122 cm³/mol. The van der Waals surface area contributed by atoms with E-state index in [9.17, 15) is 0 Å². The summed E-state index contributed by atoms with van der Waals surface area (Å²) in [6.45, 7) is 12.1. The van der Waals surface area contributed by atoms with Crippen LogP contribution in [0.5, 0.6) is 5.75 Å².